The monoisotopic (exact) mass is 436 g/mol. The minimum absolute atomic E-state index is 0.121. The molecule has 0 unspecified atom stereocenters. The van der Waals surface area contributed by atoms with E-state index >= 15 is 0 Å². The molecule has 3 aliphatic rings. The van der Waals surface area contributed by atoms with E-state index in [0.29, 0.717) is 31.2 Å². The molecule has 0 spiro atoms. The van der Waals surface area contributed by atoms with E-state index in [2.05, 4.69) is 5.16 Å². The highest BCUT2D eigenvalue weighted by Crippen LogP contribution is 2.50. The van der Waals surface area contributed by atoms with E-state index in [1.165, 1.54) is 0 Å². The Morgan fingerprint density at radius 3 is 2.55 bits per heavy atom. The number of oxime groups is 1. The molecule has 6 atom stereocenters. The smallest absolute Gasteiger partial charge is 0.238 e. The average molecular weight is 436 g/mol. The molecule has 2 saturated carbocycles. The molecule has 2 N–H and O–H groups in total. The molecule has 9 heteroatoms. The Balaban J connectivity index is 1.67. The minimum Gasteiger partial charge on any atom is -0.396 e. The first-order chi connectivity index (χ1) is 14.7. The van der Waals surface area contributed by atoms with Gasteiger partial charge in [0.15, 0.2) is 0 Å². The number of rotatable bonds is 4. The largest absolute Gasteiger partial charge is 0.396 e. The van der Waals surface area contributed by atoms with Crippen molar-refractivity contribution in [3.8, 4) is 0 Å². The van der Waals surface area contributed by atoms with Gasteiger partial charge in [-0.2, -0.15) is 0 Å². The van der Waals surface area contributed by atoms with Crippen LogP contribution in [0.2, 0.25) is 0 Å². The Bertz CT molecular complexity index is 921. The number of amides is 2. The van der Waals surface area contributed by atoms with Crippen molar-refractivity contribution in [3.05, 3.63) is 29.8 Å². The highest BCUT2D eigenvalue weighted by atomic mass is 19.1. The average Bonchev–Trinajstić information content (AvgIpc) is 2.96. The lowest BCUT2D eigenvalue weighted by molar-refractivity contribution is -0.132. The fraction of sp³-hybridized carbons (Fsp3) is 0.591. The number of hydrogen-bond acceptors (Lipinski definition) is 6. The van der Waals surface area contributed by atoms with Gasteiger partial charge in [0.25, 0.3) is 0 Å². The van der Waals surface area contributed by atoms with Crippen molar-refractivity contribution in [2.75, 3.05) is 11.5 Å². The van der Waals surface area contributed by atoms with Crippen LogP contribution in [0.5, 0.6) is 0 Å². The molecule has 0 bridgehead atoms. The molecule has 2 amide bonds. The van der Waals surface area contributed by atoms with Crippen LogP contribution in [0.25, 0.3) is 0 Å². The van der Waals surface area contributed by atoms with Gasteiger partial charge in [-0.05, 0) is 30.9 Å². The van der Waals surface area contributed by atoms with Crippen molar-refractivity contribution in [1.82, 2.24) is 0 Å². The second-order valence-electron chi connectivity index (χ2n) is 9.04. The van der Waals surface area contributed by atoms with Gasteiger partial charge in [0, 0.05) is 24.3 Å². The Morgan fingerprint density at radius 1 is 1.16 bits per heavy atom. The third-order valence-electron chi connectivity index (χ3n) is 6.52. The maximum Gasteiger partial charge on any atom is 0.238 e. The van der Waals surface area contributed by atoms with Crippen LogP contribution >= 0.6 is 0 Å². The van der Waals surface area contributed by atoms with Gasteiger partial charge in [0.2, 0.25) is 11.8 Å². The first-order valence-electron chi connectivity index (χ1n) is 10.6. The lowest BCUT2D eigenvalue weighted by Crippen LogP contribution is -2.54. The number of anilines is 1. The summed E-state index contributed by atoms with van der Waals surface area (Å²) in [4.78, 5) is 32.5. The normalized spacial score (nSPS) is 34.3. The van der Waals surface area contributed by atoms with Gasteiger partial charge < -0.3 is 15.1 Å². The summed E-state index contributed by atoms with van der Waals surface area (Å²) in [7, 11) is 0. The van der Waals surface area contributed by atoms with Crippen molar-refractivity contribution < 1.29 is 33.4 Å². The number of hydrogen-bond donors (Lipinski definition) is 2. The van der Waals surface area contributed by atoms with Gasteiger partial charge in [-0.1, -0.05) is 19.0 Å². The summed E-state index contributed by atoms with van der Waals surface area (Å²) >= 11 is 0. The maximum atomic E-state index is 14.4. The van der Waals surface area contributed by atoms with Crippen LogP contribution in [0, 0.1) is 41.2 Å². The summed E-state index contributed by atoms with van der Waals surface area (Å²) in [5.74, 6) is -5.52. The van der Waals surface area contributed by atoms with Crippen LogP contribution in [0.15, 0.2) is 23.4 Å². The SMILES string of the molecule is CC(C)CO/N=C1\C[C@@H](O)[C@@H](O)[C@@H]2[C@@H]3C(=O)N(c4ccc(F)cc4F)C(=O)[C@@H]3CC[C@H]12. The van der Waals surface area contributed by atoms with Crippen molar-refractivity contribution in [2.45, 2.75) is 45.3 Å². The highest BCUT2D eigenvalue weighted by Gasteiger charge is 2.60. The topological polar surface area (TPSA) is 99.4 Å². The van der Waals surface area contributed by atoms with Crippen LogP contribution in [-0.2, 0) is 14.4 Å². The Kier molecular flexibility index (Phi) is 5.83. The van der Waals surface area contributed by atoms with Crippen molar-refractivity contribution in [3.63, 3.8) is 0 Å². The van der Waals surface area contributed by atoms with E-state index in [-0.39, 0.29) is 23.9 Å². The van der Waals surface area contributed by atoms with Crippen LogP contribution < -0.4 is 4.90 Å². The second kappa shape index (κ2) is 8.27. The third-order valence-corrected chi connectivity index (χ3v) is 6.52. The highest BCUT2D eigenvalue weighted by molar-refractivity contribution is 6.22. The van der Waals surface area contributed by atoms with Gasteiger partial charge in [-0.25, -0.2) is 13.7 Å². The number of carbonyl (C=O) groups excluding carboxylic acids is 2. The quantitative estimate of drug-likeness (QED) is 0.557. The van der Waals surface area contributed by atoms with Crippen molar-refractivity contribution in [1.29, 1.82) is 0 Å². The number of aliphatic hydroxyl groups excluding tert-OH is 2. The van der Waals surface area contributed by atoms with E-state index in [9.17, 15) is 28.6 Å². The zero-order valence-corrected chi connectivity index (χ0v) is 17.4. The summed E-state index contributed by atoms with van der Waals surface area (Å²) < 4.78 is 27.7. The Hall–Kier alpha value is -2.39. The van der Waals surface area contributed by atoms with E-state index < -0.39 is 53.4 Å². The number of nitrogens with zero attached hydrogens (tertiary/aromatic N) is 2. The van der Waals surface area contributed by atoms with Crippen LogP contribution in [-0.4, -0.2) is 46.6 Å². The standard InChI is InChI=1S/C22H26F2N2O5/c1-10(2)9-31-25-15-8-17(27)20(28)18-12(15)4-5-13-19(18)22(30)26(21(13)29)16-6-3-11(23)7-14(16)24/h3,6-7,10,12-13,17-20,27-28H,4-5,8-9H2,1-2H3/b25-15+/t12-,13-,17-,18+,19-,20-/m1/s1. The lowest BCUT2D eigenvalue weighted by Gasteiger charge is -2.45. The van der Waals surface area contributed by atoms with Gasteiger partial charge in [0.1, 0.15) is 18.2 Å². The van der Waals surface area contributed by atoms with E-state index in [0.717, 1.165) is 17.0 Å². The summed E-state index contributed by atoms with van der Waals surface area (Å²) in [5, 5.41) is 25.4. The van der Waals surface area contributed by atoms with Gasteiger partial charge >= 0.3 is 0 Å². The molecule has 1 aromatic rings. The molecule has 1 aliphatic heterocycles. The molecule has 168 valence electrons. The number of imide groups is 1. The molecule has 0 aromatic heterocycles. The third kappa shape index (κ3) is 3.74. The summed E-state index contributed by atoms with van der Waals surface area (Å²) in [5.41, 5.74) is 0.260. The van der Waals surface area contributed by atoms with Crippen molar-refractivity contribution in [2.24, 2.45) is 34.7 Å². The number of aliphatic hydroxyl groups is 2. The van der Waals surface area contributed by atoms with E-state index in [1.54, 1.807) is 0 Å². The molecule has 1 heterocycles. The number of benzene rings is 1. The zero-order chi connectivity index (χ0) is 22.4. The lowest BCUT2D eigenvalue weighted by atomic mass is 9.60. The Morgan fingerprint density at radius 2 is 1.87 bits per heavy atom. The molecule has 31 heavy (non-hydrogen) atoms. The molecule has 2 aliphatic carbocycles. The van der Waals surface area contributed by atoms with E-state index in [4.69, 9.17) is 4.84 Å². The van der Waals surface area contributed by atoms with Gasteiger partial charge in [-0.3, -0.25) is 9.59 Å². The number of halogens is 2. The number of carbonyl (C=O) groups is 2. The predicted molar refractivity (Wildman–Crippen MR) is 107 cm³/mol. The summed E-state index contributed by atoms with van der Waals surface area (Å²) in [6.07, 6.45) is -1.41. The van der Waals surface area contributed by atoms with Gasteiger partial charge in [-0.15, -0.1) is 0 Å². The first kappa shape index (κ1) is 21.8. The molecule has 0 radical (unpaired) electrons. The first-order valence-corrected chi connectivity index (χ1v) is 10.6. The van der Waals surface area contributed by atoms with Crippen LogP contribution in [0.3, 0.4) is 0 Å². The molecule has 1 aromatic carbocycles. The predicted octanol–water partition coefficient (Wildman–Crippen LogP) is 2.25. The summed E-state index contributed by atoms with van der Waals surface area (Å²) in [6, 6.07) is 2.67. The second-order valence-corrected chi connectivity index (χ2v) is 9.04. The molecule has 1 saturated heterocycles. The maximum absolute atomic E-state index is 14.4. The molecular formula is C22H26F2N2O5. The minimum atomic E-state index is -1.23. The van der Waals surface area contributed by atoms with Crippen LogP contribution in [0.1, 0.15) is 33.1 Å². The summed E-state index contributed by atoms with van der Waals surface area (Å²) in [6.45, 7) is 4.33. The van der Waals surface area contributed by atoms with E-state index in [1.807, 2.05) is 13.8 Å². The molecular weight excluding hydrogens is 410 g/mol. The Labute approximate surface area is 178 Å². The van der Waals surface area contributed by atoms with Crippen molar-refractivity contribution >= 4 is 23.2 Å². The molecule has 7 nitrogen and oxygen atoms in total. The molecule has 3 fully saturated rings. The molecule has 4 rings (SSSR count). The van der Waals surface area contributed by atoms with Crippen LogP contribution in [0.4, 0.5) is 14.5 Å². The fourth-order valence-corrected chi connectivity index (χ4v) is 5.14. The number of fused-ring (bicyclic) bond motifs is 3. The fourth-order valence-electron chi connectivity index (χ4n) is 5.14. The zero-order valence-electron chi connectivity index (χ0n) is 17.4. The van der Waals surface area contributed by atoms with Gasteiger partial charge in [0.05, 0.1) is 35.4 Å².